The fourth-order valence-corrected chi connectivity index (χ4v) is 0.823. The Hall–Kier alpha value is -0.120. The maximum Gasteiger partial charge on any atom is 0.0331 e. The number of hydrogen-bond donors (Lipinski definition) is 3. The Balaban J connectivity index is 3.18. The number of nitrogens with two attached hydrogens (primary N) is 1. The first-order valence-corrected chi connectivity index (χ1v) is 3.44. The van der Waals surface area contributed by atoms with Gasteiger partial charge < -0.3 is 10.9 Å². The molecule has 0 fully saturated rings. The van der Waals surface area contributed by atoms with E-state index in [2.05, 4.69) is 12.4 Å². The summed E-state index contributed by atoms with van der Waals surface area (Å²) in [5.74, 6) is 0. The Labute approximate surface area is 56.2 Å². The Morgan fingerprint density at radius 1 is 1.56 bits per heavy atom. The number of nitrogens with one attached hydrogen (secondary N) is 1. The molecule has 56 valence electrons. The molecule has 0 aliphatic carbocycles. The highest BCUT2D eigenvalue weighted by atomic mass is 16.5. The summed E-state index contributed by atoms with van der Waals surface area (Å²) in [5.41, 5.74) is 7.51. The molecule has 1 unspecified atom stereocenters. The van der Waals surface area contributed by atoms with Gasteiger partial charge >= 0.3 is 0 Å². The summed E-state index contributed by atoms with van der Waals surface area (Å²) in [6.45, 7) is 2.72. The van der Waals surface area contributed by atoms with Crippen molar-refractivity contribution < 1.29 is 5.21 Å². The lowest BCUT2D eigenvalue weighted by atomic mass is 10.1. The quantitative estimate of drug-likeness (QED) is 0.477. The lowest BCUT2D eigenvalue weighted by Crippen LogP contribution is -2.28. The molecular weight excluding hydrogens is 116 g/mol. The molecule has 0 bridgehead atoms. The zero-order valence-corrected chi connectivity index (χ0v) is 5.93. The molecule has 0 rings (SSSR count). The molecule has 3 heteroatoms. The van der Waals surface area contributed by atoms with Gasteiger partial charge in [-0.2, -0.15) is 0 Å². The van der Waals surface area contributed by atoms with E-state index in [1.807, 2.05) is 0 Å². The van der Waals surface area contributed by atoms with E-state index in [9.17, 15) is 0 Å². The van der Waals surface area contributed by atoms with Gasteiger partial charge in [-0.15, -0.1) is 0 Å². The van der Waals surface area contributed by atoms with Crippen molar-refractivity contribution in [3.8, 4) is 0 Å². The number of hydroxylamine groups is 1. The first-order valence-electron chi connectivity index (χ1n) is 3.44. The highest BCUT2D eigenvalue weighted by Gasteiger charge is 2.02. The first-order chi connectivity index (χ1) is 4.35. The van der Waals surface area contributed by atoms with Gasteiger partial charge in [0.05, 0.1) is 0 Å². The van der Waals surface area contributed by atoms with Gasteiger partial charge in [-0.05, 0) is 19.4 Å². The molecule has 0 heterocycles. The van der Waals surface area contributed by atoms with Crippen LogP contribution < -0.4 is 11.2 Å². The maximum absolute atomic E-state index is 8.48. The van der Waals surface area contributed by atoms with Gasteiger partial charge in [-0.25, -0.2) is 5.48 Å². The van der Waals surface area contributed by atoms with E-state index in [4.69, 9.17) is 10.9 Å². The summed E-state index contributed by atoms with van der Waals surface area (Å²) < 4.78 is 0. The van der Waals surface area contributed by atoms with Crippen LogP contribution in [0.2, 0.25) is 0 Å². The summed E-state index contributed by atoms with van der Waals surface area (Å²) in [6, 6.07) is 0.194. The van der Waals surface area contributed by atoms with E-state index in [-0.39, 0.29) is 6.04 Å². The summed E-state index contributed by atoms with van der Waals surface area (Å²) in [5, 5.41) is 8.48. The van der Waals surface area contributed by atoms with Crippen molar-refractivity contribution in [2.75, 3.05) is 6.54 Å². The largest absolute Gasteiger partial charge is 0.330 e. The summed E-state index contributed by atoms with van der Waals surface area (Å²) in [7, 11) is 0. The van der Waals surface area contributed by atoms with Crippen molar-refractivity contribution in [3.63, 3.8) is 0 Å². The van der Waals surface area contributed by atoms with Crippen molar-refractivity contribution in [2.24, 2.45) is 5.73 Å². The molecule has 0 saturated carbocycles. The minimum absolute atomic E-state index is 0.194. The monoisotopic (exact) mass is 132 g/mol. The molecule has 0 spiro atoms. The van der Waals surface area contributed by atoms with Gasteiger partial charge in [-0.1, -0.05) is 13.3 Å². The smallest absolute Gasteiger partial charge is 0.0331 e. The van der Waals surface area contributed by atoms with Crippen LogP contribution in [0.4, 0.5) is 0 Å². The third-order valence-electron chi connectivity index (χ3n) is 1.33. The molecular formula is C6H16N2O. The fraction of sp³-hybridized carbons (Fsp3) is 1.00. The van der Waals surface area contributed by atoms with Crippen LogP contribution in [0, 0.1) is 0 Å². The van der Waals surface area contributed by atoms with Crippen LogP contribution in [-0.4, -0.2) is 17.8 Å². The topological polar surface area (TPSA) is 58.3 Å². The molecule has 4 N–H and O–H groups in total. The highest BCUT2D eigenvalue weighted by Crippen LogP contribution is 1.98. The molecule has 0 saturated heterocycles. The third-order valence-corrected chi connectivity index (χ3v) is 1.33. The zero-order valence-electron chi connectivity index (χ0n) is 5.93. The predicted octanol–water partition coefficient (Wildman–Crippen LogP) is 0.483. The Morgan fingerprint density at radius 3 is 2.56 bits per heavy atom. The van der Waals surface area contributed by atoms with Crippen LogP contribution in [0.3, 0.4) is 0 Å². The standard InChI is InChI=1S/C6H16N2O/c1-2-3-6(8-9)4-5-7/h6,8-9H,2-5,7H2,1H3. The summed E-state index contributed by atoms with van der Waals surface area (Å²) in [4.78, 5) is 0. The van der Waals surface area contributed by atoms with Crippen LogP contribution in [0.5, 0.6) is 0 Å². The predicted molar refractivity (Wildman–Crippen MR) is 37.3 cm³/mol. The van der Waals surface area contributed by atoms with E-state index in [1.165, 1.54) is 0 Å². The van der Waals surface area contributed by atoms with Gasteiger partial charge in [0.15, 0.2) is 0 Å². The maximum atomic E-state index is 8.48. The highest BCUT2D eigenvalue weighted by molar-refractivity contribution is 4.60. The van der Waals surface area contributed by atoms with Crippen LogP contribution in [0.15, 0.2) is 0 Å². The molecule has 0 aliphatic heterocycles. The molecule has 3 nitrogen and oxygen atoms in total. The Morgan fingerprint density at radius 2 is 2.22 bits per heavy atom. The number of hydrogen-bond acceptors (Lipinski definition) is 3. The van der Waals surface area contributed by atoms with Crippen LogP contribution in [-0.2, 0) is 0 Å². The van der Waals surface area contributed by atoms with E-state index < -0.39 is 0 Å². The first kappa shape index (κ1) is 8.88. The number of rotatable bonds is 5. The van der Waals surface area contributed by atoms with E-state index in [0.29, 0.717) is 6.54 Å². The molecule has 0 aromatic heterocycles. The van der Waals surface area contributed by atoms with Crippen molar-refractivity contribution in [1.82, 2.24) is 5.48 Å². The Bertz CT molecular complexity index is 53.0. The van der Waals surface area contributed by atoms with Crippen LogP contribution in [0.25, 0.3) is 0 Å². The normalized spacial score (nSPS) is 13.7. The van der Waals surface area contributed by atoms with Gasteiger partial charge in [-0.3, -0.25) is 0 Å². The molecule has 9 heavy (non-hydrogen) atoms. The van der Waals surface area contributed by atoms with Crippen LogP contribution in [0.1, 0.15) is 26.2 Å². The van der Waals surface area contributed by atoms with Crippen molar-refractivity contribution >= 4 is 0 Å². The SMILES string of the molecule is CCCC(CCN)NO. The van der Waals surface area contributed by atoms with Gasteiger partial charge in [0, 0.05) is 6.04 Å². The van der Waals surface area contributed by atoms with Crippen molar-refractivity contribution in [3.05, 3.63) is 0 Å². The van der Waals surface area contributed by atoms with Crippen LogP contribution >= 0.6 is 0 Å². The second kappa shape index (κ2) is 6.01. The lowest BCUT2D eigenvalue weighted by molar-refractivity contribution is 0.118. The van der Waals surface area contributed by atoms with E-state index >= 15 is 0 Å². The van der Waals surface area contributed by atoms with Gasteiger partial charge in [0.25, 0.3) is 0 Å². The fourth-order valence-electron chi connectivity index (χ4n) is 0.823. The van der Waals surface area contributed by atoms with E-state index in [0.717, 1.165) is 19.3 Å². The minimum atomic E-state index is 0.194. The van der Waals surface area contributed by atoms with Gasteiger partial charge in [0.1, 0.15) is 0 Å². The second-order valence-electron chi connectivity index (χ2n) is 2.19. The minimum Gasteiger partial charge on any atom is -0.330 e. The van der Waals surface area contributed by atoms with Gasteiger partial charge in [0.2, 0.25) is 0 Å². The molecule has 0 aromatic carbocycles. The average Bonchev–Trinajstić information content (AvgIpc) is 1.88. The molecule has 1 atom stereocenters. The third kappa shape index (κ3) is 4.39. The zero-order chi connectivity index (χ0) is 7.11. The lowest BCUT2D eigenvalue weighted by Gasteiger charge is -2.11. The van der Waals surface area contributed by atoms with Crippen molar-refractivity contribution in [2.45, 2.75) is 32.2 Å². The Kier molecular flexibility index (Phi) is 5.93. The molecule has 0 amide bonds. The molecule has 0 aliphatic rings. The molecule has 0 radical (unpaired) electrons. The average molecular weight is 132 g/mol. The van der Waals surface area contributed by atoms with Crippen molar-refractivity contribution in [1.29, 1.82) is 0 Å². The second-order valence-corrected chi connectivity index (χ2v) is 2.19. The summed E-state index contributed by atoms with van der Waals surface area (Å²) >= 11 is 0. The molecule has 0 aromatic rings. The van der Waals surface area contributed by atoms with E-state index in [1.54, 1.807) is 0 Å². The summed E-state index contributed by atoms with van der Waals surface area (Å²) in [6.07, 6.45) is 2.93.